The molecule has 3 aromatic rings. The van der Waals surface area contributed by atoms with E-state index in [0.717, 1.165) is 18.6 Å². The minimum Gasteiger partial charge on any atom is -0.494 e. The van der Waals surface area contributed by atoms with Gasteiger partial charge in [-0.2, -0.15) is 0 Å². The van der Waals surface area contributed by atoms with Crippen molar-refractivity contribution in [3.8, 4) is 5.75 Å². The Balaban J connectivity index is 1.46. The van der Waals surface area contributed by atoms with Crippen LogP contribution in [0.15, 0.2) is 76.2 Å². The van der Waals surface area contributed by atoms with E-state index in [1.165, 1.54) is 12.1 Å². The number of nitrogens with zero attached hydrogens (tertiary/aromatic N) is 1. The first-order chi connectivity index (χ1) is 15.0. The summed E-state index contributed by atoms with van der Waals surface area (Å²) < 4.78 is 38.7. The summed E-state index contributed by atoms with van der Waals surface area (Å²) in [6.07, 6.45) is 3.51. The molecule has 2 aromatic carbocycles. The van der Waals surface area contributed by atoms with Crippen LogP contribution in [-0.4, -0.2) is 31.9 Å². The highest BCUT2D eigenvalue weighted by Crippen LogP contribution is 2.30. The number of anilines is 1. The van der Waals surface area contributed by atoms with Gasteiger partial charge in [-0.1, -0.05) is 0 Å². The lowest BCUT2D eigenvalue weighted by Crippen LogP contribution is -2.32. The van der Waals surface area contributed by atoms with Crippen LogP contribution in [0.2, 0.25) is 0 Å². The van der Waals surface area contributed by atoms with Gasteiger partial charge in [-0.25, -0.2) is 8.42 Å². The summed E-state index contributed by atoms with van der Waals surface area (Å²) in [6.45, 7) is 2.82. The molecule has 7 nitrogen and oxygen atoms in total. The van der Waals surface area contributed by atoms with E-state index < -0.39 is 10.0 Å². The van der Waals surface area contributed by atoms with Gasteiger partial charge in [0.15, 0.2) is 0 Å². The van der Waals surface area contributed by atoms with Gasteiger partial charge in [0.1, 0.15) is 11.5 Å². The smallest absolute Gasteiger partial charge is 0.261 e. The average Bonchev–Trinajstić information content (AvgIpc) is 3.48. The van der Waals surface area contributed by atoms with Crippen molar-refractivity contribution in [1.29, 1.82) is 0 Å². The van der Waals surface area contributed by atoms with Crippen molar-refractivity contribution in [3.63, 3.8) is 0 Å². The van der Waals surface area contributed by atoms with E-state index in [1.807, 2.05) is 13.0 Å². The minimum atomic E-state index is -3.78. The summed E-state index contributed by atoms with van der Waals surface area (Å²) in [6, 6.07) is 16.5. The average molecular weight is 441 g/mol. The maximum absolute atomic E-state index is 13.0. The fraction of sp³-hybridized carbons (Fsp3) is 0.261. The first-order valence-electron chi connectivity index (χ1n) is 10.2. The highest BCUT2D eigenvalue weighted by Gasteiger charge is 2.33. The van der Waals surface area contributed by atoms with E-state index in [2.05, 4.69) is 4.72 Å². The van der Waals surface area contributed by atoms with Crippen molar-refractivity contribution in [2.75, 3.05) is 11.3 Å². The molecule has 1 aliphatic rings. The Morgan fingerprint density at radius 3 is 2.39 bits per heavy atom. The van der Waals surface area contributed by atoms with Crippen molar-refractivity contribution in [2.24, 2.45) is 0 Å². The van der Waals surface area contributed by atoms with Gasteiger partial charge in [0.25, 0.3) is 15.9 Å². The summed E-state index contributed by atoms with van der Waals surface area (Å²) in [7, 11) is -3.78. The second-order valence-electron chi connectivity index (χ2n) is 7.33. The van der Waals surface area contributed by atoms with Crippen molar-refractivity contribution < 1.29 is 22.4 Å². The van der Waals surface area contributed by atoms with E-state index in [-0.39, 0.29) is 16.8 Å². The molecule has 0 unspecified atom stereocenters. The largest absolute Gasteiger partial charge is 0.494 e. The second-order valence-corrected chi connectivity index (χ2v) is 9.01. The van der Waals surface area contributed by atoms with Crippen LogP contribution in [-0.2, 0) is 16.6 Å². The van der Waals surface area contributed by atoms with Crippen LogP contribution in [0.4, 0.5) is 5.69 Å². The fourth-order valence-corrected chi connectivity index (χ4v) is 4.32. The molecular formula is C23H24N2O5S. The third kappa shape index (κ3) is 5.08. The SMILES string of the molecule is CCOc1ccc(NS(=O)(=O)c2ccc(C(=O)N(Cc3ccco3)C3CC3)cc2)cc1. The van der Waals surface area contributed by atoms with Crippen LogP contribution in [0.5, 0.6) is 5.75 Å². The molecular weight excluding hydrogens is 416 g/mol. The topological polar surface area (TPSA) is 88.8 Å². The lowest BCUT2D eigenvalue weighted by atomic mass is 10.2. The maximum atomic E-state index is 13.0. The van der Waals surface area contributed by atoms with E-state index in [4.69, 9.17) is 9.15 Å². The number of furan rings is 1. The zero-order valence-corrected chi connectivity index (χ0v) is 18.0. The van der Waals surface area contributed by atoms with E-state index in [9.17, 15) is 13.2 Å². The van der Waals surface area contributed by atoms with Crippen LogP contribution in [0.25, 0.3) is 0 Å². The van der Waals surface area contributed by atoms with Crippen molar-refractivity contribution in [2.45, 2.75) is 37.2 Å². The molecule has 162 valence electrons. The van der Waals surface area contributed by atoms with Crippen molar-refractivity contribution >= 4 is 21.6 Å². The minimum absolute atomic E-state index is 0.0851. The Labute approximate surface area is 181 Å². The molecule has 1 amide bonds. The summed E-state index contributed by atoms with van der Waals surface area (Å²) in [4.78, 5) is 14.9. The third-order valence-corrected chi connectivity index (χ3v) is 6.38. The van der Waals surface area contributed by atoms with Gasteiger partial charge < -0.3 is 14.1 Å². The number of nitrogens with one attached hydrogen (secondary N) is 1. The lowest BCUT2D eigenvalue weighted by molar-refractivity contribution is 0.0717. The number of carbonyl (C=O) groups excluding carboxylic acids is 1. The predicted molar refractivity (Wildman–Crippen MR) is 116 cm³/mol. The number of hydrogen-bond acceptors (Lipinski definition) is 5. The Bertz CT molecular complexity index is 1120. The normalized spacial score (nSPS) is 13.6. The lowest BCUT2D eigenvalue weighted by Gasteiger charge is -2.21. The van der Waals surface area contributed by atoms with E-state index in [1.54, 1.807) is 53.6 Å². The molecule has 1 aliphatic carbocycles. The predicted octanol–water partition coefficient (Wildman–Crippen LogP) is 4.28. The highest BCUT2D eigenvalue weighted by molar-refractivity contribution is 7.92. The highest BCUT2D eigenvalue weighted by atomic mass is 32.2. The monoisotopic (exact) mass is 440 g/mol. The van der Waals surface area contributed by atoms with E-state index >= 15 is 0 Å². The molecule has 1 N–H and O–H groups in total. The number of sulfonamides is 1. The summed E-state index contributed by atoms with van der Waals surface area (Å²) in [5.41, 5.74) is 0.875. The Morgan fingerprint density at radius 2 is 1.81 bits per heavy atom. The van der Waals surface area contributed by atoms with Crippen LogP contribution in [0.3, 0.4) is 0 Å². The summed E-state index contributed by atoms with van der Waals surface area (Å²) in [5.74, 6) is 1.25. The van der Waals surface area contributed by atoms with Gasteiger partial charge in [-0.3, -0.25) is 9.52 Å². The zero-order valence-electron chi connectivity index (χ0n) is 17.2. The number of rotatable bonds is 9. The molecule has 1 saturated carbocycles. The quantitative estimate of drug-likeness (QED) is 0.536. The molecule has 0 radical (unpaired) electrons. The molecule has 0 spiro atoms. The molecule has 1 fully saturated rings. The third-order valence-electron chi connectivity index (χ3n) is 4.98. The standard InChI is InChI=1S/C23H24N2O5S/c1-2-29-20-11-7-18(8-12-20)24-31(27,28)22-13-5-17(6-14-22)23(26)25(19-9-10-19)16-21-4-3-15-30-21/h3-8,11-15,19,24H,2,9-10,16H2,1H3. The van der Waals surface area contributed by atoms with Crippen LogP contribution in [0, 0.1) is 0 Å². The van der Waals surface area contributed by atoms with Crippen LogP contribution in [0.1, 0.15) is 35.9 Å². The molecule has 4 rings (SSSR count). The molecule has 1 aromatic heterocycles. The first-order valence-corrected chi connectivity index (χ1v) is 11.6. The molecule has 0 bridgehead atoms. The number of amides is 1. The molecule has 1 heterocycles. The molecule has 0 atom stereocenters. The molecule has 0 saturated heterocycles. The van der Waals surface area contributed by atoms with Gasteiger partial charge in [-0.05, 0) is 80.4 Å². The fourth-order valence-electron chi connectivity index (χ4n) is 3.27. The van der Waals surface area contributed by atoms with Gasteiger partial charge in [-0.15, -0.1) is 0 Å². The van der Waals surface area contributed by atoms with E-state index in [0.29, 0.717) is 30.2 Å². The van der Waals surface area contributed by atoms with Gasteiger partial charge in [0, 0.05) is 17.3 Å². The van der Waals surface area contributed by atoms with Crippen LogP contribution < -0.4 is 9.46 Å². The Morgan fingerprint density at radius 1 is 1.10 bits per heavy atom. The number of hydrogen-bond donors (Lipinski definition) is 1. The van der Waals surface area contributed by atoms with Gasteiger partial charge in [0.2, 0.25) is 0 Å². The number of benzene rings is 2. The Kier molecular flexibility index (Phi) is 5.99. The molecule has 0 aliphatic heterocycles. The van der Waals surface area contributed by atoms with Crippen molar-refractivity contribution in [3.05, 3.63) is 78.3 Å². The Hall–Kier alpha value is -3.26. The maximum Gasteiger partial charge on any atom is 0.261 e. The number of carbonyl (C=O) groups is 1. The zero-order chi connectivity index (χ0) is 21.8. The number of ether oxygens (including phenoxy) is 1. The van der Waals surface area contributed by atoms with Crippen molar-refractivity contribution in [1.82, 2.24) is 4.90 Å². The van der Waals surface area contributed by atoms with Crippen LogP contribution >= 0.6 is 0 Å². The summed E-state index contributed by atoms with van der Waals surface area (Å²) >= 11 is 0. The second kappa shape index (κ2) is 8.85. The van der Waals surface area contributed by atoms with Gasteiger partial charge >= 0.3 is 0 Å². The molecule has 8 heteroatoms. The molecule has 31 heavy (non-hydrogen) atoms. The van der Waals surface area contributed by atoms with Gasteiger partial charge in [0.05, 0.1) is 24.3 Å². The first kappa shape index (κ1) is 21.0. The summed E-state index contributed by atoms with van der Waals surface area (Å²) in [5, 5.41) is 0.